The van der Waals surface area contributed by atoms with E-state index >= 15 is 0 Å². The summed E-state index contributed by atoms with van der Waals surface area (Å²) >= 11 is 0. The topological polar surface area (TPSA) is 46.5 Å². The predicted octanol–water partition coefficient (Wildman–Crippen LogP) is 2.14. The number of carbonyl (C=O) groups is 1. The number of hydrogen-bond donors (Lipinski definition) is 1. The smallest absolute Gasteiger partial charge is 0.296 e. The number of carbonyl (C=O) groups excluding carboxylic acids is 1. The third-order valence-corrected chi connectivity index (χ3v) is 1.45. The molecule has 0 heterocycles. The van der Waals surface area contributed by atoms with Crippen molar-refractivity contribution in [3.8, 4) is 0 Å². The minimum atomic E-state index is -0.721. The first-order valence-electron chi connectivity index (χ1n) is 3.76. The fraction of sp³-hybridized carbons (Fsp3) is 0.625. The summed E-state index contributed by atoms with van der Waals surface area (Å²) in [6.45, 7) is 5.54. The fourth-order valence-corrected chi connectivity index (χ4v) is 0.755. The molecule has 3 heteroatoms. The van der Waals surface area contributed by atoms with Crippen molar-refractivity contribution in [3.63, 3.8) is 0 Å². The van der Waals surface area contributed by atoms with Crippen molar-refractivity contribution in [1.82, 2.24) is 0 Å². The molecule has 3 nitrogen and oxygen atoms in total. The highest BCUT2D eigenvalue weighted by Crippen LogP contribution is 2.07. The summed E-state index contributed by atoms with van der Waals surface area (Å²) in [5.41, 5.74) is 0.334. The molecular weight excluding hydrogens is 144 g/mol. The fourth-order valence-electron chi connectivity index (χ4n) is 0.755. The SMILES string of the molecule is C=C(CCCCC)C(=O)OO. The Morgan fingerprint density at radius 3 is 2.64 bits per heavy atom. The highest BCUT2D eigenvalue weighted by Gasteiger charge is 2.06. The molecule has 0 rings (SSSR count). The Balaban J connectivity index is 3.44. The van der Waals surface area contributed by atoms with Crippen LogP contribution in [0, 0.1) is 0 Å². The van der Waals surface area contributed by atoms with Crippen LogP contribution in [0.2, 0.25) is 0 Å². The second-order valence-corrected chi connectivity index (χ2v) is 2.44. The second-order valence-electron chi connectivity index (χ2n) is 2.44. The zero-order valence-electron chi connectivity index (χ0n) is 6.80. The van der Waals surface area contributed by atoms with Gasteiger partial charge in [-0.2, -0.15) is 5.26 Å². The van der Waals surface area contributed by atoms with Crippen molar-refractivity contribution < 1.29 is 14.9 Å². The Morgan fingerprint density at radius 2 is 2.18 bits per heavy atom. The molecule has 0 aliphatic heterocycles. The molecule has 0 unspecified atom stereocenters. The van der Waals surface area contributed by atoms with E-state index < -0.39 is 5.97 Å². The molecule has 0 saturated carbocycles. The van der Waals surface area contributed by atoms with Gasteiger partial charge < -0.3 is 0 Å². The van der Waals surface area contributed by atoms with Crippen molar-refractivity contribution in [2.75, 3.05) is 0 Å². The summed E-state index contributed by atoms with van der Waals surface area (Å²) in [6, 6.07) is 0. The molecule has 1 N–H and O–H groups in total. The van der Waals surface area contributed by atoms with Gasteiger partial charge in [0.15, 0.2) is 0 Å². The summed E-state index contributed by atoms with van der Waals surface area (Å²) in [5.74, 6) is -0.721. The molecular formula is C8H14O3. The van der Waals surface area contributed by atoms with Crippen LogP contribution in [0.25, 0.3) is 0 Å². The standard InChI is InChI=1S/C8H14O3/c1-3-4-5-6-7(2)8(9)11-10/h10H,2-6H2,1H3. The quantitative estimate of drug-likeness (QED) is 0.288. The van der Waals surface area contributed by atoms with Crippen LogP contribution in [0.15, 0.2) is 12.2 Å². The van der Waals surface area contributed by atoms with E-state index in [1.165, 1.54) is 0 Å². The van der Waals surface area contributed by atoms with Crippen LogP contribution in [0.1, 0.15) is 32.6 Å². The van der Waals surface area contributed by atoms with Gasteiger partial charge in [0.25, 0.3) is 0 Å². The lowest BCUT2D eigenvalue weighted by Crippen LogP contribution is -2.03. The van der Waals surface area contributed by atoms with Crippen LogP contribution in [0.5, 0.6) is 0 Å². The van der Waals surface area contributed by atoms with Crippen LogP contribution in [0.3, 0.4) is 0 Å². The van der Waals surface area contributed by atoms with Gasteiger partial charge in [0.2, 0.25) is 0 Å². The lowest BCUT2D eigenvalue weighted by atomic mass is 10.1. The molecule has 0 aliphatic carbocycles. The van der Waals surface area contributed by atoms with Gasteiger partial charge in [0.1, 0.15) is 0 Å². The monoisotopic (exact) mass is 158 g/mol. The Labute approximate surface area is 66.6 Å². The Hall–Kier alpha value is -0.830. The average molecular weight is 158 g/mol. The molecule has 0 fully saturated rings. The van der Waals surface area contributed by atoms with E-state index in [-0.39, 0.29) is 0 Å². The zero-order chi connectivity index (χ0) is 8.69. The zero-order valence-corrected chi connectivity index (χ0v) is 6.80. The minimum absolute atomic E-state index is 0.334. The van der Waals surface area contributed by atoms with Crippen LogP contribution < -0.4 is 0 Å². The molecule has 0 bridgehead atoms. The van der Waals surface area contributed by atoms with Gasteiger partial charge >= 0.3 is 5.97 Å². The van der Waals surface area contributed by atoms with Crippen LogP contribution in [0.4, 0.5) is 0 Å². The average Bonchev–Trinajstić information content (AvgIpc) is 2.03. The summed E-state index contributed by atoms with van der Waals surface area (Å²) in [5, 5.41) is 7.95. The van der Waals surface area contributed by atoms with E-state index in [0.717, 1.165) is 19.3 Å². The van der Waals surface area contributed by atoms with E-state index in [9.17, 15) is 4.79 Å². The lowest BCUT2D eigenvalue weighted by Gasteiger charge is -1.99. The van der Waals surface area contributed by atoms with Gasteiger partial charge in [-0.3, -0.25) is 4.89 Å². The summed E-state index contributed by atoms with van der Waals surface area (Å²) < 4.78 is 0. The first kappa shape index (κ1) is 10.2. The van der Waals surface area contributed by atoms with Crippen LogP contribution in [-0.2, 0) is 9.68 Å². The molecule has 11 heavy (non-hydrogen) atoms. The Bertz CT molecular complexity index is 140. The third-order valence-electron chi connectivity index (χ3n) is 1.45. The van der Waals surface area contributed by atoms with Gasteiger partial charge in [-0.25, -0.2) is 4.79 Å². The van der Waals surface area contributed by atoms with Crippen molar-refractivity contribution >= 4 is 5.97 Å². The first-order valence-corrected chi connectivity index (χ1v) is 3.76. The van der Waals surface area contributed by atoms with Gasteiger partial charge in [-0.1, -0.05) is 26.3 Å². The molecule has 0 saturated heterocycles. The number of unbranched alkanes of at least 4 members (excludes halogenated alkanes) is 2. The number of rotatable bonds is 5. The largest absolute Gasteiger partial charge is 0.368 e. The maximum Gasteiger partial charge on any atom is 0.368 e. The maximum absolute atomic E-state index is 10.5. The summed E-state index contributed by atoms with van der Waals surface area (Å²) in [4.78, 5) is 14.0. The molecule has 64 valence electrons. The molecule has 0 radical (unpaired) electrons. The van der Waals surface area contributed by atoms with Crippen molar-refractivity contribution in [2.45, 2.75) is 32.6 Å². The van der Waals surface area contributed by atoms with Crippen molar-refractivity contribution in [1.29, 1.82) is 0 Å². The van der Waals surface area contributed by atoms with Gasteiger partial charge in [0, 0.05) is 5.57 Å². The maximum atomic E-state index is 10.5. The van der Waals surface area contributed by atoms with E-state index in [0.29, 0.717) is 12.0 Å². The first-order chi connectivity index (χ1) is 5.22. The molecule has 0 aliphatic rings. The minimum Gasteiger partial charge on any atom is -0.296 e. The highest BCUT2D eigenvalue weighted by atomic mass is 17.1. The predicted molar refractivity (Wildman–Crippen MR) is 42.0 cm³/mol. The Morgan fingerprint density at radius 1 is 1.55 bits per heavy atom. The molecule has 0 spiro atoms. The highest BCUT2D eigenvalue weighted by molar-refractivity contribution is 5.87. The normalized spacial score (nSPS) is 9.27. The van der Waals surface area contributed by atoms with Crippen LogP contribution in [-0.4, -0.2) is 11.2 Å². The van der Waals surface area contributed by atoms with Gasteiger partial charge in [0.05, 0.1) is 0 Å². The molecule has 0 atom stereocenters. The van der Waals surface area contributed by atoms with E-state index in [1.54, 1.807) is 0 Å². The molecule has 0 amide bonds. The van der Waals surface area contributed by atoms with E-state index in [4.69, 9.17) is 5.26 Å². The molecule has 0 aromatic heterocycles. The van der Waals surface area contributed by atoms with Crippen molar-refractivity contribution in [2.24, 2.45) is 0 Å². The van der Waals surface area contributed by atoms with Crippen LogP contribution >= 0.6 is 0 Å². The molecule has 0 aromatic rings. The summed E-state index contributed by atoms with van der Waals surface area (Å²) in [7, 11) is 0. The number of hydrogen-bond acceptors (Lipinski definition) is 3. The van der Waals surface area contributed by atoms with E-state index in [2.05, 4.69) is 18.4 Å². The van der Waals surface area contributed by atoms with Gasteiger partial charge in [-0.15, -0.1) is 0 Å². The Kier molecular flexibility index (Phi) is 5.47. The van der Waals surface area contributed by atoms with E-state index in [1.807, 2.05) is 0 Å². The summed E-state index contributed by atoms with van der Waals surface area (Å²) in [6.07, 6.45) is 3.69. The lowest BCUT2D eigenvalue weighted by molar-refractivity contribution is -0.229. The van der Waals surface area contributed by atoms with Crippen molar-refractivity contribution in [3.05, 3.63) is 12.2 Å². The van der Waals surface area contributed by atoms with Gasteiger partial charge in [-0.05, 0) is 12.8 Å². The third kappa shape index (κ3) is 4.56. The molecule has 0 aromatic carbocycles. The second kappa shape index (κ2) is 5.92.